The van der Waals surface area contributed by atoms with Gasteiger partial charge in [0.05, 0.1) is 12.0 Å². The molecule has 22 heavy (non-hydrogen) atoms. The fourth-order valence-electron chi connectivity index (χ4n) is 2.85. The van der Waals surface area contributed by atoms with Gasteiger partial charge in [0.1, 0.15) is 38.5 Å². The van der Waals surface area contributed by atoms with Gasteiger partial charge in [-0.2, -0.15) is 0 Å². The van der Waals surface area contributed by atoms with E-state index in [1.165, 1.54) is 24.1 Å². The summed E-state index contributed by atoms with van der Waals surface area (Å²) >= 11 is 0. The molecule has 0 amide bonds. The van der Waals surface area contributed by atoms with Gasteiger partial charge in [-0.25, -0.2) is 0 Å². The molecule has 0 spiro atoms. The minimum Gasteiger partial charge on any atom is -0.455 e. The molecule has 1 aromatic carbocycles. The Kier molecular flexibility index (Phi) is 4.22. The molecule has 2 aromatic rings. The van der Waals surface area contributed by atoms with Gasteiger partial charge < -0.3 is 14.2 Å². The first-order valence-electron chi connectivity index (χ1n) is 7.60. The second-order valence-corrected chi connectivity index (χ2v) is 5.96. The fourth-order valence-corrected chi connectivity index (χ4v) is 2.85. The maximum absolute atomic E-state index is 10.8. The zero-order chi connectivity index (χ0) is 15.5. The zero-order valence-electron chi connectivity index (χ0n) is 12.7. The van der Waals surface area contributed by atoms with Crippen LogP contribution in [0.15, 0.2) is 40.8 Å². The van der Waals surface area contributed by atoms with E-state index in [4.69, 9.17) is 4.42 Å². The average Bonchev–Trinajstić information content (AvgIpc) is 2.98. The number of non-ortho nitro benzene ring substituents is 1. The lowest BCUT2D eigenvalue weighted by Gasteiger charge is -2.26. The normalized spacial score (nSPS) is 21.7. The highest BCUT2D eigenvalue weighted by Crippen LogP contribution is 2.25. The molecule has 0 saturated carbocycles. The van der Waals surface area contributed by atoms with Crippen molar-refractivity contribution in [2.24, 2.45) is 0 Å². The lowest BCUT2D eigenvalue weighted by atomic mass is 10.1. The second-order valence-electron chi connectivity index (χ2n) is 5.96. The molecular formula is C16H21N3O3+2. The number of furan rings is 1. The molecule has 2 N–H and O–H groups in total. The molecule has 0 unspecified atom stereocenters. The Labute approximate surface area is 129 Å². The third kappa shape index (κ3) is 3.35. The Balaban J connectivity index is 1.71. The summed E-state index contributed by atoms with van der Waals surface area (Å²) in [5, 5.41) is 10.8. The molecule has 1 saturated heterocycles. The van der Waals surface area contributed by atoms with Crippen molar-refractivity contribution < 1.29 is 19.1 Å². The number of benzene rings is 1. The topological polar surface area (TPSA) is 65.2 Å². The maximum Gasteiger partial charge on any atom is 0.270 e. The molecule has 1 aliphatic heterocycles. The predicted octanol–water partition coefficient (Wildman–Crippen LogP) is -0.232. The number of rotatable bonds is 4. The van der Waals surface area contributed by atoms with Gasteiger partial charge in [0.15, 0.2) is 5.76 Å². The van der Waals surface area contributed by atoms with Gasteiger partial charge >= 0.3 is 0 Å². The summed E-state index contributed by atoms with van der Waals surface area (Å²) < 4.78 is 5.88. The van der Waals surface area contributed by atoms with Crippen LogP contribution in [0.3, 0.4) is 0 Å². The van der Waals surface area contributed by atoms with Crippen LogP contribution in [0.1, 0.15) is 5.76 Å². The van der Waals surface area contributed by atoms with Crippen molar-refractivity contribution in [3.05, 3.63) is 52.3 Å². The molecule has 0 atom stereocenters. The van der Waals surface area contributed by atoms with E-state index < -0.39 is 0 Å². The van der Waals surface area contributed by atoms with Gasteiger partial charge in [0.2, 0.25) is 0 Å². The second kappa shape index (κ2) is 6.29. The number of likely N-dealkylation sites (N-methyl/N-ethyl adjacent to an activating group) is 1. The highest BCUT2D eigenvalue weighted by atomic mass is 16.6. The predicted molar refractivity (Wildman–Crippen MR) is 81.8 cm³/mol. The van der Waals surface area contributed by atoms with Crippen molar-refractivity contribution in [2.75, 3.05) is 33.2 Å². The molecule has 0 bridgehead atoms. The lowest BCUT2D eigenvalue weighted by Crippen LogP contribution is -3.26. The smallest absolute Gasteiger partial charge is 0.270 e. The van der Waals surface area contributed by atoms with Crippen LogP contribution < -0.4 is 9.80 Å². The van der Waals surface area contributed by atoms with Crippen LogP contribution >= 0.6 is 0 Å². The van der Waals surface area contributed by atoms with Crippen molar-refractivity contribution in [2.45, 2.75) is 6.54 Å². The summed E-state index contributed by atoms with van der Waals surface area (Å²) in [4.78, 5) is 13.6. The van der Waals surface area contributed by atoms with Crippen LogP contribution in [-0.2, 0) is 6.54 Å². The van der Waals surface area contributed by atoms with Crippen LogP contribution in [0, 0.1) is 10.1 Å². The molecule has 3 rings (SSSR count). The van der Waals surface area contributed by atoms with Crippen LogP contribution in [-0.4, -0.2) is 38.2 Å². The van der Waals surface area contributed by atoms with E-state index in [1.54, 1.807) is 17.0 Å². The van der Waals surface area contributed by atoms with Crippen molar-refractivity contribution in [1.82, 2.24) is 0 Å². The fraction of sp³-hybridized carbons (Fsp3) is 0.375. The van der Waals surface area contributed by atoms with Gasteiger partial charge in [-0.05, 0) is 12.1 Å². The molecule has 2 heterocycles. The molecule has 116 valence electrons. The van der Waals surface area contributed by atoms with Crippen LogP contribution in [0.4, 0.5) is 5.69 Å². The van der Waals surface area contributed by atoms with E-state index in [0.29, 0.717) is 5.76 Å². The summed E-state index contributed by atoms with van der Waals surface area (Å²) in [5.41, 5.74) is 0.835. The monoisotopic (exact) mass is 303 g/mol. The number of hydrogen-bond donors (Lipinski definition) is 2. The average molecular weight is 303 g/mol. The number of nitrogens with zero attached hydrogens (tertiary/aromatic N) is 1. The molecule has 1 aromatic heterocycles. The molecule has 6 nitrogen and oxygen atoms in total. The van der Waals surface area contributed by atoms with Crippen LogP contribution in [0.25, 0.3) is 11.3 Å². The summed E-state index contributed by atoms with van der Waals surface area (Å²) in [5.74, 6) is 1.63. The minimum absolute atomic E-state index is 0.0862. The van der Waals surface area contributed by atoms with E-state index in [1.807, 2.05) is 18.2 Å². The van der Waals surface area contributed by atoms with E-state index in [-0.39, 0.29) is 10.6 Å². The van der Waals surface area contributed by atoms with Gasteiger partial charge in [-0.1, -0.05) is 12.1 Å². The third-order valence-corrected chi connectivity index (χ3v) is 4.24. The third-order valence-electron chi connectivity index (χ3n) is 4.24. The van der Waals surface area contributed by atoms with E-state index in [0.717, 1.165) is 31.0 Å². The minimum atomic E-state index is -0.385. The summed E-state index contributed by atoms with van der Waals surface area (Å²) in [7, 11) is 2.23. The standard InChI is InChI=1S/C16H19N3O3/c1-17-7-9-18(10-8-17)12-15-5-6-16(22-15)13-3-2-4-14(11-13)19(20)21/h2-6,11H,7-10,12H2,1H3/p+2. The van der Waals surface area contributed by atoms with Crippen molar-refractivity contribution in [1.29, 1.82) is 0 Å². The Hall–Kier alpha value is -2.18. The van der Waals surface area contributed by atoms with Crippen LogP contribution in [0.5, 0.6) is 0 Å². The summed E-state index contributed by atoms with van der Waals surface area (Å²) in [6, 6.07) is 10.4. The highest BCUT2D eigenvalue weighted by Gasteiger charge is 2.21. The van der Waals surface area contributed by atoms with E-state index in [2.05, 4.69) is 7.05 Å². The number of nitrogens with one attached hydrogen (secondary N) is 2. The summed E-state index contributed by atoms with van der Waals surface area (Å²) in [6.45, 7) is 5.56. The molecule has 0 radical (unpaired) electrons. The highest BCUT2D eigenvalue weighted by molar-refractivity contribution is 5.61. The Morgan fingerprint density at radius 3 is 2.68 bits per heavy atom. The molecule has 1 fully saturated rings. The van der Waals surface area contributed by atoms with Crippen molar-refractivity contribution in [3.8, 4) is 11.3 Å². The van der Waals surface area contributed by atoms with Crippen LogP contribution in [0.2, 0.25) is 0 Å². The van der Waals surface area contributed by atoms with Crippen molar-refractivity contribution in [3.63, 3.8) is 0 Å². The van der Waals surface area contributed by atoms with E-state index in [9.17, 15) is 10.1 Å². The zero-order valence-corrected chi connectivity index (χ0v) is 12.7. The number of piperazine rings is 1. The quantitative estimate of drug-likeness (QED) is 0.606. The van der Waals surface area contributed by atoms with E-state index >= 15 is 0 Å². The SMILES string of the molecule is C[NH+]1CC[NH+](Cc2ccc(-c3cccc([N+](=O)[O-])c3)o2)CC1. The number of nitro groups is 1. The lowest BCUT2D eigenvalue weighted by molar-refractivity contribution is -1.01. The number of quaternary nitrogens is 2. The maximum atomic E-state index is 10.8. The van der Waals surface area contributed by atoms with Gasteiger partial charge in [0, 0.05) is 17.7 Å². The molecule has 6 heteroatoms. The Morgan fingerprint density at radius 2 is 1.95 bits per heavy atom. The summed E-state index contributed by atoms with van der Waals surface area (Å²) in [6.07, 6.45) is 0. The first-order chi connectivity index (χ1) is 10.6. The Morgan fingerprint density at radius 1 is 1.18 bits per heavy atom. The number of hydrogen-bond acceptors (Lipinski definition) is 3. The largest absolute Gasteiger partial charge is 0.455 e. The first kappa shape index (κ1) is 14.7. The Bertz CT molecular complexity index is 660. The van der Waals surface area contributed by atoms with Gasteiger partial charge in [-0.3, -0.25) is 10.1 Å². The van der Waals surface area contributed by atoms with Gasteiger partial charge in [-0.15, -0.1) is 0 Å². The molecular weight excluding hydrogens is 282 g/mol. The van der Waals surface area contributed by atoms with Crippen molar-refractivity contribution >= 4 is 5.69 Å². The molecule has 0 aliphatic carbocycles. The number of nitro benzene ring substituents is 1. The molecule has 1 aliphatic rings. The first-order valence-corrected chi connectivity index (χ1v) is 7.60. The van der Waals surface area contributed by atoms with Gasteiger partial charge in [0.25, 0.3) is 5.69 Å².